The van der Waals surface area contributed by atoms with Gasteiger partial charge in [0.25, 0.3) is 0 Å². The Balaban J connectivity index is 1.91. The average molecular weight is 465 g/mol. The summed E-state index contributed by atoms with van der Waals surface area (Å²) in [6, 6.07) is 13.1. The third kappa shape index (κ3) is 4.87. The molecule has 170 valence electrons. The van der Waals surface area contributed by atoms with E-state index in [2.05, 4.69) is 4.72 Å². The number of sulfonamides is 2. The van der Waals surface area contributed by atoms with Crippen LogP contribution in [0.1, 0.15) is 51.7 Å². The Labute approximate surface area is 186 Å². The number of aryl methyl sites for hydroxylation is 2. The number of nitrogens with one attached hydrogen (secondary N) is 1. The molecule has 8 heteroatoms. The Kier molecular flexibility index (Phi) is 6.17. The molecule has 1 heterocycles. The van der Waals surface area contributed by atoms with Crippen molar-refractivity contribution in [1.29, 1.82) is 0 Å². The number of hydrogen-bond donors (Lipinski definition) is 1. The molecule has 2 aromatic carbocycles. The zero-order valence-corrected chi connectivity index (χ0v) is 20.6. The molecule has 1 aliphatic rings. The summed E-state index contributed by atoms with van der Waals surface area (Å²) in [5.74, 6) is 0. The van der Waals surface area contributed by atoms with Gasteiger partial charge in [0.05, 0.1) is 9.79 Å². The third-order valence-electron chi connectivity index (χ3n) is 5.80. The van der Waals surface area contributed by atoms with E-state index in [0.29, 0.717) is 12.8 Å². The lowest BCUT2D eigenvalue weighted by molar-refractivity contribution is 0.0406. The second-order valence-corrected chi connectivity index (χ2v) is 13.2. The van der Waals surface area contributed by atoms with Gasteiger partial charge in [-0.15, -0.1) is 0 Å². The van der Waals surface area contributed by atoms with Gasteiger partial charge in [-0.2, -0.15) is 4.31 Å². The first-order valence-corrected chi connectivity index (χ1v) is 13.3. The summed E-state index contributed by atoms with van der Waals surface area (Å²) >= 11 is 0. The van der Waals surface area contributed by atoms with Crippen molar-refractivity contribution in [3.63, 3.8) is 0 Å². The molecular weight excluding hydrogens is 432 g/mol. The number of rotatable bonds is 5. The molecule has 3 rings (SSSR count). The lowest BCUT2D eigenvalue weighted by Crippen LogP contribution is -2.65. The lowest BCUT2D eigenvalue weighted by Gasteiger charge is -2.53. The topological polar surface area (TPSA) is 83.6 Å². The second-order valence-electron chi connectivity index (χ2n) is 9.75. The van der Waals surface area contributed by atoms with Crippen LogP contribution < -0.4 is 4.72 Å². The van der Waals surface area contributed by atoms with Crippen LogP contribution in [0.3, 0.4) is 0 Å². The molecule has 0 spiro atoms. The summed E-state index contributed by atoms with van der Waals surface area (Å²) in [7, 11) is -7.47. The van der Waals surface area contributed by atoms with Crippen molar-refractivity contribution in [1.82, 2.24) is 9.03 Å². The highest BCUT2D eigenvalue weighted by molar-refractivity contribution is 7.89. The Hall–Kier alpha value is -1.74. The van der Waals surface area contributed by atoms with E-state index in [4.69, 9.17) is 0 Å². The summed E-state index contributed by atoms with van der Waals surface area (Å²) in [5.41, 5.74) is 0.398. The maximum atomic E-state index is 13.6. The summed E-state index contributed by atoms with van der Waals surface area (Å²) in [4.78, 5) is 0.460. The molecule has 0 amide bonds. The zero-order chi connectivity index (χ0) is 23.2. The molecule has 0 aliphatic carbocycles. The summed E-state index contributed by atoms with van der Waals surface area (Å²) < 4.78 is 57.3. The largest absolute Gasteiger partial charge is 0.244 e. The molecule has 0 unspecified atom stereocenters. The highest BCUT2D eigenvalue weighted by atomic mass is 32.2. The fourth-order valence-electron chi connectivity index (χ4n) is 4.82. The Morgan fingerprint density at radius 1 is 0.742 bits per heavy atom. The molecule has 6 nitrogen and oxygen atoms in total. The van der Waals surface area contributed by atoms with Gasteiger partial charge in [-0.3, -0.25) is 0 Å². The molecular formula is C23H32N2O4S2. The number of hydrogen-bond acceptors (Lipinski definition) is 4. The van der Waals surface area contributed by atoms with Crippen molar-refractivity contribution in [3.8, 4) is 0 Å². The van der Waals surface area contributed by atoms with Crippen molar-refractivity contribution in [3.05, 3.63) is 59.7 Å². The Morgan fingerprint density at radius 3 is 1.55 bits per heavy atom. The number of benzene rings is 2. The van der Waals surface area contributed by atoms with E-state index in [1.54, 1.807) is 52.8 Å². The molecule has 0 radical (unpaired) electrons. The summed E-state index contributed by atoms with van der Waals surface area (Å²) in [6.07, 6.45) is 0.735. The Morgan fingerprint density at radius 2 is 1.13 bits per heavy atom. The van der Waals surface area contributed by atoms with E-state index >= 15 is 0 Å². The van der Waals surface area contributed by atoms with Crippen LogP contribution in [0.15, 0.2) is 58.3 Å². The predicted octanol–water partition coefficient (Wildman–Crippen LogP) is 3.99. The Bertz CT molecular complexity index is 1130. The van der Waals surface area contributed by atoms with Crippen molar-refractivity contribution in [2.75, 3.05) is 0 Å². The SMILES string of the molecule is Cc1ccc(S(=O)(=O)NC2CC(C)(C)N(S(=O)(=O)c3ccc(C)cc3)C(C)(C)C2)cc1. The molecule has 1 aliphatic heterocycles. The van der Waals surface area contributed by atoms with Gasteiger partial charge < -0.3 is 0 Å². The van der Waals surface area contributed by atoms with Crippen molar-refractivity contribution in [2.45, 2.75) is 81.3 Å². The molecule has 0 aromatic heterocycles. The molecule has 31 heavy (non-hydrogen) atoms. The van der Waals surface area contributed by atoms with E-state index in [1.165, 1.54) is 0 Å². The minimum absolute atomic E-state index is 0.211. The van der Waals surface area contributed by atoms with Gasteiger partial charge in [-0.05, 0) is 78.6 Å². The molecule has 1 N–H and O–H groups in total. The van der Waals surface area contributed by atoms with Gasteiger partial charge in [0.15, 0.2) is 0 Å². The predicted molar refractivity (Wildman–Crippen MR) is 123 cm³/mol. The number of piperidine rings is 1. The highest BCUT2D eigenvalue weighted by Crippen LogP contribution is 2.42. The minimum Gasteiger partial charge on any atom is -0.208 e. The molecule has 0 saturated carbocycles. The van der Waals surface area contributed by atoms with Crippen LogP contribution in [-0.2, 0) is 20.0 Å². The molecule has 1 fully saturated rings. The first-order valence-electron chi connectivity index (χ1n) is 10.4. The van der Waals surface area contributed by atoms with Gasteiger partial charge in [-0.25, -0.2) is 21.6 Å². The average Bonchev–Trinajstić information content (AvgIpc) is 2.59. The van der Waals surface area contributed by atoms with Gasteiger partial charge in [-0.1, -0.05) is 35.4 Å². The van der Waals surface area contributed by atoms with Crippen LogP contribution >= 0.6 is 0 Å². The molecule has 0 atom stereocenters. The molecule has 1 saturated heterocycles. The fourth-order valence-corrected chi connectivity index (χ4v) is 8.20. The van der Waals surface area contributed by atoms with E-state index in [9.17, 15) is 16.8 Å². The van der Waals surface area contributed by atoms with Gasteiger partial charge in [0.2, 0.25) is 20.0 Å². The highest BCUT2D eigenvalue weighted by Gasteiger charge is 2.52. The fraction of sp³-hybridized carbons (Fsp3) is 0.478. The summed E-state index contributed by atoms with van der Waals surface area (Å²) in [6.45, 7) is 11.2. The quantitative estimate of drug-likeness (QED) is 0.725. The summed E-state index contributed by atoms with van der Waals surface area (Å²) in [5, 5.41) is 0. The minimum atomic E-state index is -3.76. The van der Waals surface area contributed by atoms with Crippen LogP contribution in [0.25, 0.3) is 0 Å². The molecule has 2 aromatic rings. The molecule has 0 bridgehead atoms. The van der Waals surface area contributed by atoms with Gasteiger partial charge in [0, 0.05) is 17.1 Å². The van der Waals surface area contributed by atoms with Gasteiger partial charge >= 0.3 is 0 Å². The zero-order valence-electron chi connectivity index (χ0n) is 19.0. The third-order valence-corrected chi connectivity index (χ3v) is 9.68. The van der Waals surface area contributed by atoms with E-state index in [-0.39, 0.29) is 15.8 Å². The van der Waals surface area contributed by atoms with Crippen LogP contribution in [0.4, 0.5) is 0 Å². The monoisotopic (exact) mass is 464 g/mol. The van der Waals surface area contributed by atoms with Crippen LogP contribution in [0.2, 0.25) is 0 Å². The normalized spacial score (nSPS) is 19.9. The van der Waals surface area contributed by atoms with E-state index < -0.39 is 31.1 Å². The van der Waals surface area contributed by atoms with Crippen molar-refractivity contribution in [2.24, 2.45) is 0 Å². The standard InChI is InChI=1S/C23H32N2O4S2/c1-17-7-11-20(12-8-17)30(26,27)24-19-15-22(3,4)25(23(5,6)16-19)31(28,29)21-13-9-18(2)10-14-21/h7-14,19,24H,15-16H2,1-6H3. The van der Waals surface area contributed by atoms with Crippen LogP contribution in [-0.4, -0.2) is 38.3 Å². The van der Waals surface area contributed by atoms with Crippen LogP contribution in [0, 0.1) is 13.8 Å². The second kappa shape index (κ2) is 7.99. The maximum absolute atomic E-state index is 13.6. The maximum Gasteiger partial charge on any atom is 0.244 e. The first kappa shape index (κ1) is 23.9. The first-order chi connectivity index (χ1) is 14.1. The van der Waals surface area contributed by atoms with E-state index in [1.807, 2.05) is 41.5 Å². The lowest BCUT2D eigenvalue weighted by atomic mass is 9.80. The smallest absolute Gasteiger partial charge is 0.208 e. The number of nitrogens with zero attached hydrogens (tertiary/aromatic N) is 1. The van der Waals surface area contributed by atoms with Gasteiger partial charge in [0.1, 0.15) is 0 Å². The van der Waals surface area contributed by atoms with Crippen molar-refractivity contribution >= 4 is 20.0 Å². The van der Waals surface area contributed by atoms with E-state index in [0.717, 1.165) is 11.1 Å². The van der Waals surface area contributed by atoms with Crippen molar-refractivity contribution < 1.29 is 16.8 Å². The van der Waals surface area contributed by atoms with Crippen LogP contribution in [0.5, 0.6) is 0 Å².